The van der Waals surface area contributed by atoms with Gasteiger partial charge in [-0.1, -0.05) is 19.8 Å². The Kier molecular flexibility index (Phi) is 4.98. The van der Waals surface area contributed by atoms with Gasteiger partial charge in [-0.2, -0.15) is 0 Å². The number of ether oxygens (including phenoxy) is 1. The fourth-order valence-electron chi connectivity index (χ4n) is 1.07. The van der Waals surface area contributed by atoms with Gasteiger partial charge >= 0.3 is 0 Å². The third-order valence-corrected chi connectivity index (χ3v) is 1.65. The Hall–Kier alpha value is -0.480. The highest BCUT2D eigenvalue weighted by molar-refractivity contribution is 5.10. The molecule has 1 heteroatoms. The van der Waals surface area contributed by atoms with Gasteiger partial charge in [-0.3, -0.25) is 0 Å². The Balaban J connectivity index is 0.000000461. The van der Waals surface area contributed by atoms with E-state index in [1.807, 2.05) is 20.8 Å². The molecule has 1 saturated heterocycles. The minimum Gasteiger partial charge on any atom is -0.380 e. The van der Waals surface area contributed by atoms with Gasteiger partial charge in [-0.25, -0.2) is 0 Å². The van der Waals surface area contributed by atoms with Crippen LogP contribution in [0.15, 0.2) is 0 Å². The van der Waals surface area contributed by atoms with E-state index in [0.29, 0.717) is 0 Å². The molecule has 64 valence electrons. The zero-order valence-corrected chi connectivity index (χ0v) is 8.03. The summed E-state index contributed by atoms with van der Waals surface area (Å²) in [6, 6.07) is 0. The maximum absolute atomic E-state index is 5.21. The Morgan fingerprint density at radius 3 is 2.36 bits per heavy atom. The van der Waals surface area contributed by atoms with Crippen molar-refractivity contribution in [2.75, 3.05) is 13.2 Å². The van der Waals surface area contributed by atoms with E-state index >= 15 is 0 Å². The van der Waals surface area contributed by atoms with Crippen LogP contribution in [0, 0.1) is 17.3 Å². The maximum Gasteiger partial charge on any atom is 0.0630 e. The first-order chi connectivity index (χ1) is 5.27. The molecule has 0 radical (unpaired) electrons. The molecule has 1 aliphatic heterocycles. The van der Waals surface area contributed by atoms with E-state index in [1.54, 1.807) is 0 Å². The molecule has 0 aliphatic carbocycles. The summed E-state index contributed by atoms with van der Waals surface area (Å²) in [4.78, 5) is 0. The number of hydrogen-bond donors (Lipinski definition) is 0. The van der Waals surface area contributed by atoms with Gasteiger partial charge in [-0.05, 0) is 20.3 Å². The Morgan fingerprint density at radius 2 is 2.00 bits per heavy atom. The smallest absolute Gasteiger partial charge is 0.0630 e. The molecule has 0 amide bonds. The summed E-state index contributed by atoms with van der Waals surface area (Å²) in [5.74, 6) is 6.07. The summed E-state index contributed by atoms with van der Waals surface area (Å²) in [6.45, 7) is 9.72. The second-order valence-electron chi connectivity index (χ2n) is 2.74. The molecule has 1 nitrogen and oxygen atoms in total. The first-order valence-electron chi connectivity index (χ1n) is 4.28. The topological polar surface area (TPSA) is 9.23 Å². The zero-order valence-electron chi connectivity index (χ0n) is 8.03. The molecule has 0 saturated carbocycles. The first-order valence-corrected chi connectivity index (χ1v) is 4.28. The van der Waals surface area contributed by atoms with Crippen LogP contribution in [-0.2, 0) is 4.74 Å². The van der Waals surface area contributed by atoms with Gasteiger partial charge in [0.25, 0.3) is 0 Å². The Bertz CT molecular complexity index is 144. The normalized spacial score (nSPS) is 28.0. The lowest BCUT2D eigenvalue weighted by Gasteiger charge is -2.11. The summed E-state index contributed by atoms with van der Waals surface area (Å²) in [6.07, 6.45) is 1.09. The molecule has 1 unspecified atom stereocenters. The highest BCUT2D eigenvalue weighted by Gasteiger charge is 2.26. The van der Waals surface area contributed by atoms with Gasteiger partial charge < -0.3 is 4.74 Å². The van der Waals surface area contributed by atoms with Crippen molar-refractivity contribution in [2.24, 2.45) is 5.41 Å². The fraction of sp³-hybridized carbons (Fsp3) is 0.800. The van der Waals surface area contributed by atoms with E-state index in [9.17, 15) is 0 Å². The highest BCUT2D eigenvalue weighted by Crippen LogP contribution is 2.26. The SMILES string of the molecule is CC.CC#CC1(C)CCOC1. The summed E-state index contributed by atoms with van der Waals surface area (Å²) >= 11 is 0. The molecular formula is C10H18O. The molecule has 0 aromatic rings. The van der Waals surface area contributed by atoms with Crippen LogP contribution in [-0.4, -0.2) is 13.2 Å². The van der Waals surface area contributed by atoms with E-state index in [0.717, 1.165) is 19.6 Å². The number of rotatable bonds is 0. The molecule has 11 heavy (non-hydrogen) atoms. The molecule has 0 bridgehead atoms. The molecule has 0 N–H and O–H groups in total. The average Bonchev–Trinajstić information content (AvgIpc) is 2.41. The predicted molar refractivity (Wildman–Crippen MR) is 48.3 cm³/mol. The molecular weight excluding hydrogens is 136 g/mol. The van der Waals surface area contributed by atoms with Crippen LogP contribution in [0.4, 0.5) is 0 Å². The van der Waals surface area contributed by atoms with Crippen LogP contribution in [0.5, 0.6) is 0 Å². The lowest BCUT2D eigenvalue weighted by atomic mass is 9.91. The third-order valence-electron chi connectivity index (χ3n) is 1.65. The van der Waals surface area contributed by atoms with Crippen molar-refractivity contribution in [3.8, 4) is 11.8 Å². The van der Waals surface area contributed by atoms with E-state index in [1.165, 1.54) is 0 Å². The Labute approximate surface area is 70.1 Å². The van der Waals surface area contributed by atoms with Gasteiger partial charge in [0.1, 0.15) is 0 Å². The summed E-state index contributed by atoms with van der Waals surface area (Å²) < 4.78 is 5.21. The predicted octanol–water partition coefficient (Wildman–Crippen LogP) is 2.46. The van der Waals surface area contributed by atoms with Crippen molar-refractivity contribution >= 4 is 0 Å². The second kappa shape index (κ2) is 5.21. The summed E-state index contributed by atoms with van der Waals surface area (Å²) in [5.41, 5.74) is 0.161. The van der Waals surface area contributed by atoms with Gasteiger partial charge in [-0.15, -0.1) is 5.92 Å². The van der Waals surface area contributed by atoms with Crippen LogP contribution in [0.3, 0.4) is 0 Å². The van der Waals surface area contributed by atoms with Crippen molar-refractivity contribution in [1.29, 1.82) is 0 Å². The van der Waals surface area contributed by atoms with Crippen molar-refractivity contribution in [3.05, 3.63) is 0 Å². The van der Waals surface area contributed by atoms with Gasteiger partial charge in [0.2, 0.25) is 0 Å². The van der Waals surface area contributed by atoms with Gasteiger partial charge in [0.15, 0.2) is 0 Å². The van der Waals surface area contributed by atoms with Crippen molar-refractivity contribution in [2.45, 2.75) is 34.1 Å². The zero-order chi connectivity index (χ0) is 8.74. The largest absolute Gasteiger partial charge is 0.380 e. The molecule has 0 aromatic heterocycles. The minimum atomic E-state index is 0.161. The van der Waals surface area contributed by atoms with Crippen LogP contribution in [0.25, 0.3) is 0 Å². The molecule has 0 spiro atoms. The van der Waals surface area contributed by atoms with Gasteiger partial charge in [0.05, 0.1) is 12.0 Å². The van der Waals surface area contributed by atoms with E-state index in [2.05, 4.69) is 18.8 Å². The molecule has 0 aromatic carbocycles. The van der Waals surface area contributed by atoms with Crippen molar-refractivity contribution in [1.82, 2.24) is 0 Å². The highest BCUT2D eigenvalue weighted by atomic mass is 16.5. The second-order valence-corrected chi connectivity index (χ2v) is 2.74. The monoisotopic (exact) mass is 154 g/mol. The van der Waals surface area contributed by atoms with Crippen LogP contribution in [0.2, 0.25) is 0 Å². The van der Waals surface area contributed by atoms with E-state index in [4.69, 9.17) is 4.74 Å². The van der Waals surface area contributed by atoms with Crippen molar-refractivity contribution < 1.29 is 4.74 Å². The molecule has 1 aliphatic rings. The Morgan fingerprint density at radius 1 is 1.36 bits per heavy atom. The molecule has 1 fully saturated rings. The van der Waals surface area contributed by atoms with E-state index in [-0.39, 0.29) is 5.41 Å². The fourth-order valence-corrected chi connectivity index (χ4v) is 1.07. The van der Waals surface area contributed by atoms with Crippen molar-refractivity contribution in [3.63, 3.8) is 0 Å². The quantitative estimate of drug-likeness (QED) is 0.487. The lowest BCUT2D eigenvalue weighted by Crippen LogP contribution is -2.12. The minimum absolute atomic E-state index is 0.161. The van der Waals surface area contributed by atoms with Crippen LogP contribution in [0.1, 0.15) is 34.1 Å². The molecule has 1 heterocycles. The summed E-state index contributed by atoms with van der Waals surface area (Å²) in [5, 5.41) is 0. The van der Waals surface area contributed by atoms with Gasteiger partial charge in [0, 0.05) is 6.61 Å². The van der Waals surface area contributed by atoms with Crippen LogP contribution >= 0.6 is 0 Å². The first kappa shape index (κ1) is 10.5. The lowest BCUT2D eigenvalue weighted by molar-refractivity contribution is 0.177. The van der Waals surface area contributed by atoms with Crippen LogP contribution < -0.4 is 0 Å². The van der Waals surface area contributed by atoms with E-state index < -0.39 is 0 Å². The maximum atomic E-state index is 5.21. The average molecular weight is 154 g/mol. The molecule has 1 atom stereocenters. The molecule has 1 rings (SSSR count). The summed E-state index contributed by atoms with van der Waals surface area (Å²) in [7, 11) is 0. The number of hydrogen-bond acceptors (Lipinski definition) is 1. The third kappa shape index (κ3) is 3.43. The standard InChI is InChI=1S/C8H12O.C2H6/c1-3-4-8(2)5-6-9-7-8;1-2/h5-7H2,1-2H3;1-2H3.